The van der Waals surface area contributed by atoms with E-state index in [0.29, 0.717) is 28.1 Å². The van der Waals surface area contributed by atoms with Crippen molar-refractivity contribution >= 4 is 46.1 Å². The van der Waals surface area contributed by atoms with Crippen LogP contribution in [0.3, 0.4) is 0 Å². The minimum absolute atomic E-state index is 0.00744. The second kappa shape index (κ2) is 10.7. The van der Waals surface area contributed by atoms with Crippen molar-refractivity contribution < 1.29 is 23.8 Å². The van der Waals surface area contributed by atoms with E-state index in [-0.39, 0.29) is 24.1 Å². The van der Waals surface area contributed by atoms with Gasteiger partial charge in [0.2, 0.25) is 5.91 Å². The molecule has 1 atom stereocenters. The fourth-order valence-corrected chi connectivity index (χ4v) is 4.93. The van der Waals surface area contributed by atoms with Gasteiger partial charge in [-0.05, 0) is 35.8 Å². The van der Waals surface area contributed by atoms with Gasteiger partial charge in [-0.2, -0.15) is 0 Å². The second-order valence-corrected chi connectivity index (χ2v) is 8.91. The van der Waals surface area contributed by atoms with Crippen LogP contribution < -0.4 is 24.8 Å². The summed E-state index contributed by atoms with van der Waals surface area (Å²) in [4.78, 5) is 37.8. The van der Waals surface area contributed by atoms with Crippen LogP contribution in [0.4, 0.5) is 0 Å². The number of carbonyl (C=O) groups is 2. The number of hydrogen-bond acceptors (Lipinski definition) is 7. The van der Waals surface area contributed by atoms with Gasteiger partial charge < -0.3 is 19.5 Å². The highest BCUT2D eigenvalue weighted by Gasteiger charge is 2.17. The summed E-state index contributed by atoms with van der Waals surface area (Å²) in [5.74, 6) is -0.320. The van der Waals surface area contributed by atoms with Crippen molar-refractivity contribution in [2.24, 2.45) is 0 Å². The fourth-order valence-electron chi connectivity index (χ4n) is 3.92. The van der Waals surface area contributed by atoms with Crippen molar-refractivity contribution in [2.45, 2.75) is 25.5 Å². The highest BCUT2D eigenvalue weighted by molar-refractivity contribution is 7.07. The molecule has 0 spiro atoms. The first-order valence-corrected chi connectivity index (χ1v) is 11.8. The standard InChI is InChI=1S/C25H26N2O6S/c1-31-20-10-9-16-6-3-4-8-18(16)19(20)12-21-25(30)27(23(34-21)13-24(29)32-2)15-22(28)26-14-17-7-5-11-33-17/h3-4,6,8-10,12-13,17H,5,7,11,14-15H2,1-2H3,(H,26,28). The molecule has 9 heteroatoms. The number of aromatic nitrogens is 1. The highest BCUT2D eigenvalue weighted by atomic mass is 32.1. The molecule has 1 fully saturated rings. The monoisotopic (exact) mass is 482 g/mol. The molecule has 0 saturated carbocycles. The zero-order chi connectivity index (χ0) is 24.1. The van der Waals surface area contributed by atoms with Crippen molar-refractivity contribution in [1.82, 2.24) is 9.88 Å². The topological polar surface area (TPSA) is 95.9 Å². The van der Waals surface area contributed by atoms with Crippen molar-refractivity contribution in [3.05, 3.63) is 61.5 Å². The van der Waals surface area contributed by atoms with E-state index in [2.05, 4.69) is 5.32 Å². The lowest BCUT2D eigenvalue weighted by atomic mass is 10.0. The third-order valence-electron chi connectivity index (χ3n) is 5.66. The normalized spacial score (nSPS) is 16.7. The molecule has 3 aromatic rings. The number of fused-ring (bicyclic) bond motifs is 1. The number of nitrogens with one attached hydrogen (secondary N) is 1. The Morgan fingerprint density at radius 1 is 1.24 bits per heavy atom. The molecule has 2 heterocycles. The van der Waals surface area contributed by atoms with E-state index in [9.17, 15) is 14.4 Å². The highest BCUT2D eigenvalue weighted by Crippen LogP contribution is 2.28. The number of methoxy groups -OCH3 is 2. The van der Waals surface area contributed by atoms with Gasteiger partial charge in [0.1, 0.15) is 17.0 Å². The first-order valence-electron chi connectivity index (χ1n) is 10.9. The lowest BCUT2D eigenvalue weighted by Gasteiger charge is -2.10. The smallest absolute Gasteiger partial charge is 0.333 e. The third-order valence-corrected chi connectivity index (χ3v) is 6.72. The Morgan fingerprint density at radius 3 is 2.79 bits per heavy atom. The summed E-state index contributed by atoms with van der Waals surface area (Å²) < 4.78 is 17.8. The summed E-state index contributed by atoms with van der Waals surface area (Å²) in [6, 6.07) is 11.6. The molecule has 1 aliphatic heterocycles. The minimum Gasteiger partial charge on any atom is -0.496 e. The third kappa shape index (κ3) is 5.21. The van der Waals surface area contributed by atoms with Crippen LogP contribution in [0.25, 0.3) is 22.9 Å². The first kappa shape index (κ1) is 23.7. The molecule has 8 nitrogen and oxygen atoms in total. The van der Waals surface area contributed by atoms with Gasteiger partial charge in [0.05, 0.1) is 30.9 Å². The van der Waals surface area contributed by atoms with E-state index >= 15 is 0 Å². The number of ether oxygens (including phenoxy) is 3. The molecule has 1 aromatic heterocycles. The van der Waals surface area contributed by atoms with Crippen LogP contribution in [0.15, 0.2) is 41.2 Å². The zero-order valence-corrected chi connectivity index (χ0v) is 19.9. The second-order valence-electron chi connectivity index (χ2n) is 7.85. The van der Waals surface area contributed by atoms with Crippen LogP contribution in [-0.4, -0.2) is 49.9 Å². The van der Waals surface area contributed by atoms with Crippen LogP contribution in [-0.2, 0) is 25.6 Å². The van der Waals surface area contributed by atoms with Gasteiger partial charge >= 0.3 is 5.97 Å². The molecule has 1 amide bonds. The number of esters is 1. The van der Waals surface area contributed by atoms with Gasteiger partial charge in [-0.25, -0.2) is 4.79 Å². The molecule has 0 aliphatic carbocycles. The van der Waals surface area contributed by atoms with Crippen molar-refractivity contribution in [3.8, 4) is 5.75 Å². The summed E-state index contributed by atoms with van der Waals surface area (Å²) in [6.45, 7) is 0.866. The Kier molecular flexibility index (Phi) is 7.44. The van der Waals surface area contributed by atoms with Crippen molar-refractivity contribution in [2.75, 3.05) is 27.4 Å². The predicted molar refractivity (Wildman–Crippen MR) is 130 cm³/mol. The Hall–Kier alpha value is -3.43. The summed E-state index contributed by atoms with van der Waals surface area (Å²) in [5, 5.41) is 4.74. The molecule has 0 bridgehead atoms. The molecule has 0 radical (unpaired) electrons. The van der Waals surface area contributed by atoms with E-state index < -0.39 is 5.97 Å². The SMILES string of the molecule is COC(=O)C=c1sc(=Cc2c(OC)ccc3ccccc23)c(=O)n1CC(=O)NCC1CCCO1. The molecule has 2 aromatic carbocycles. The minimum atomic E-state index is -0.607. The van der Waals surface area contributed by atoms with Gasteiger partial charge in [-0.15, -0.1) is 11.3 Å². The first-order chi connectivity index (χ1) is 16.5. The number of nitrogens with zero attached hydrogens (tertiary/aromatic N) is 1. The predicted octanol–water partition coefficient (Wildman–Crippen LogP) is 1.15. The van der Waals surface area contributed by atoms with Crippen LogP contribution in [0.1, 0.15) is 18.4 Å². The molecular formula is C25H26N2O6S. The number of carbonyl (C=O) groups excluding carboxylic acids is 2. The average Bonchev–Trinajstić information content (AvgIpc) is 3.47. The molecule has 1 N–H and O–H groups in total. The van der Waals surface area contributed by atoms with Gasteiger partial charge in [-0.1, -0.05) is 30.3 Å². The van der Waals surface area contributed by atoms with E-state index in [1.807, 2.05) is 36.4 Å². The fraction of sp³-hybridized carbons (Fsp3) is 0.320. The summed E-state index contributed by atoms with van der Waals surface area (Å²) in [7, 11) is 2.83. The number of hydrogen-bond donors (Lipinski definition) is 1. The lowest BCUT2D eigenvalue weighted by molar-refractivity contribution is -0.133. The van der Waals surface area contributed by atoms with Crippen molar-refractivity contribution in [1.29, 1.82) is 0 Å². The van der Waals surface area contributed by atoms with Crippen LogP contribution in [0.2, 0.25) is 0 Å². The van der Waals surface area contributed by atoms with E-state index in [4.69, 9.17) is 14.2 Å². The van der Waals surface area contributed by atoms with Gasteiger partial charge in [0.25, 0.3) is 5.56 Å². The quantitative estimate of drug-likeness (QED) is 0.508. The van der Waals surface area contributed by atoms with E-state index in [0.717, 1.165) is 40.5 Å². The maximum Gasteiger partial charge on any atom is 0.333 e. The lowest BCUT2D eigenvalue weighted by Crippen LogP contribution is -2.40. The van der Waals surface area contributed by atoms with Gasteiger partial charge in [-0.3, -0.25) is 14.2 Å². The van der Waals surface area contributed by atoms with Crippen molar-refractivity contribution in [3.63, 3.8) is 0 Å². The Bertz CT molecular complexity index is 1380. The Labute approximate surface area is 200 Å². The Morgan fingerprint density at radius 2 is 2.06 bits per heavy atom. The Balaban J connectivity index is 1.76. The summed E-state index contributed by atoms with van der Waals surface area (Å²) in [6.07, 6.45) is 4.82. The summed E-state index contributed by atoms with van der Waals surface area (Å²) in [5.41, 5.74) is 0.376. The average molecular weight is 483 g/mol. The largest absolute Gasteiger partial charge is 0.496 e. The summed E-state index contributed by atoms with van der Waals surface area (Å²) >= 11 is 1.12. The van der Waals surface area contributed by atoms with Gasteiger partial charge in [0, 0.05) is 18.7 Å². The molecular weight excluding hydrogens is 456 g/mol. The molecule has 4 rings (SSSR count). The maximum absolute atomic E-state index is 13.3. The van der Waals surface area contributed by atoms with Gasteiger partial charge in [0.15, 0.2) is 0 Å². The number of benzene rings is 2. The van der Waals surface area contributed by atoms with E-state index in [1.165, 1.54) is 17.8 Å². The zero-order valence-electron chi connectivity index (χ0n) is 19.0. The molecule has 1 aliphatic rings. The van der Waals surface area contributed by atoms with Crippen LogP contribution in [0.5, 0.6) is 5.75 Å². The van der Waals surface area contributed by atoms with Crippen LogP contribution in [0, 0.1) is 0 Å². The molecule has 34 heavy (non-hydrogen) atoms. The number of amides is 1. The molecule has 178 valence electrons. The van der Waals surface area contributed by atoms with Crippen LogP contribution >= 0.6 is 11.3 Å². The number of thiazole rings is 1. The molecule has 1 unspecified atom stereocenters. The van der Waals surface area contributed by atoms with E-state index in [1.54, 1.807) is 13.2 Å². The number of rotatable bonds is 7. The maximum atomic E-state index is 13.3. The molecule has 1 saturated heterocycles.